The van der Waals surface area contributed by atoms with E-state index in [1.54, 1.807) is 9.47 Å². The van der Waals surface area contributed by atoms with E-state index in [0.717, 1.165) is 31.2 Å². The van der Waals surface area contributed by atoms with E-state index in [1.807, 2.05) is 38.2 Å². The summed E-state index contributed by atoms with van der Waals surface area (Å²) in [7, 11) is 1.82. The number of fused-ring (bicyclic) bond motifs is 2. The molecule has 11 heteroatoms. The number of aryl methyl sites for hydroxylation is 1. The number of rotatable bonds is 6. The van der Waals surface area contributed by atoms with Crippen molar-refractivity contribution in [3.63, 3.8) is 0 Å². The van der Waals surface area contributed by atoms with Gasteiger partial charge >= 0.3 is 0 Å². The molecule has 3 heterocycles. The third-order valence-corrected chi connectivity index (χ3v) is 8.47. The van der Waals surface area contributed by atoms with Crippen molar-refractivity contribution in [2.24, 2.45) is 7.05 Å². The third-order valence-electron chi connectivity index (χ3n) is 6.24. The molecular formula is C24H24N6O3S2. The molecule has 0 saturated heterocycles. The molecule has 0 spiro atoms. The van der Waals surface area contributed by atoms with Crippen LogP contribution in [0.5, 0.6) is 5.75 Å². The molecule has 5 rings (SSSR count). The summed E-state index contributed by atoms with van der Waals surface area (Å²) in [4.78, 5) is 28.2. The molecule has 3 aromatic rings. The van der Waals surface area contributed by atoms with Crippen LogP contribution < -0.4 is 15.0 Å². The molecule has 0 radical (unpaired) electrons. The van der Waals surface area contributed by atoms with Gasteiger partial charge in [0.2, 0.25) is 5.91 Å². The number of aromatic nitrogens is 3. The topological polar surface area (TPSA) is 113 Å². The molecule has 1 aliphatic heterocycles. The lowest BCUT2D eigenvalue weighted by molar-refractivity contribution is -0.121. The van der Waals surface area contributed by atoms with Crippen molar-refractivity contribution in [1.82, 2.24) is 14.8 Å². The molecule has 1 atom stereocenters. The maximum Gasteiger partial charge on any atom is 0.265 e. The Balaban J connectivity index is 1.27. The Kier molecular flexibility index (Phi) is 6.49. The summed E-state index contributed by atoms with van der Waals surface area (Å²) < 4.78 is 7.35. The Hall–Kier alpha value is -3.36. The lowest BCUT2D eigenvalue weighted by Crippen LogP contribution is -2.41. The molecular weight excluding hydrogens is 484 g/mol. The van der Waals surface area contributed by atoms with Crippen molar-refractivity contribution in [3.05, 3.63) is 46.1 Å². The van der Waals surface area contributed by atoms with Gasteiger partial charge in [-0.1, -0.05) is 23.9 Å². The molecule has 0 saturated carbocycles. The third kappa shape index (κ3) is 4.39. The zero-order chi connectivity index (χ0) is 24.5. The van der Waals surface area contributed by atoms with Crippen molar-refractivity contribution in [3.8, 4) is 11.8 Å². The minimum Gasteiger partial charge on any atom is -0.482 e. The van der Waals surface area contributed by atoms with E-state index < -0.39 is 0 Å². The second-order valence-corrected chi connectivity index (χ2v) is 10.5. The number of amides is 2. The summed E-state index contributed by atoms with van der Waals surface area (Å²) in [6.45, 7) is 1.87. The molecule has 35 heavy (non-hydrogen) atoms. The molecule has 1 aromatic carbocycles. The first-order valence-electron chi connectivity index (χ1n) is 11.4. The van der Waals surface area contributed by atoms with Crippen molar-refractivity contribution in [2.45, 2.75) is 43.8 Å². The van der Waals surface area contributed by atoms with Gasteiger partial charge in [0.05, 0.1) is 23.0 Å². The highest BCUT2D eigenvalue weighted by molar-refractivity contribution is 7.99. The minimum atomic E-state index is -0.371. The molecule has 1 N–H and O–H groups in total. The number of nitrogens with zero attached hydrogens (tertiary/aromatic N) is 5. The second kappa shape index (κ2) is 9.71. The van der Waals surface area contributed by atoms with E-state index in [-0.39, 0.29) is 30.2 Å². The number of benzene rings is 1. The molecule has 2 aromatic heterocycles. The van der Waals surface area contributed by atoms with Gasteiger partial charge in [-0.15, -0.1) is 21.5 Å². The van der Waals surface area contributed by atoms with Crippen LogP contribution in [0.4, 0.5) is 10.7 Å². The Morgan fingerprint density at radius 1 is 1.31 bits per heavy atom. The van der Waals surface area contributed by atoms with Crippen molar-refractivity contribution < 1.29 is 14.3 Å². The summed E-state index contributed by atoms with van der Waals surface area (Å²) in [6.07, 6.45) is 4.07. The fourth-order valence-electron chi connectivity index (χ4n) is 4.54. The van der Waals surface area contributed by atoms with Gasteiger partial charge in [-0.2, -0.15) is 5.26 Å². The number of nitriles is 1. The molecule has 2 aliphatic rings. The zero-order valence-electron chi connectivity index (χ0n) is 19.4. The molecule has 2 amide bonds. The number of hydrogen-bond donors (Lipinski definition) is 1. The van der Waals surface area contributed by atoms with Crippen LogP contribution in [0, 0.1) is 11.3 Å². The lowest BCUT2D eigenvalue weighted by Gasteiger charge is -2.33. The molecule has 1 aliphatic carbocycles. The first kappa shape index (κ1) is 23.4. The van der Waals surface area contributed by atoms with Gasteiger partial charge in [0.25, 0.3) is 5.91 Å². The average Bonchev–Trinajstić information content (AvgIpc) is 3.41. The van der Waals surface area contributed by atoms with Crippen LogP contribution in [0.1, 0.15) is 47.6 Å². The number of thioether (sulfide) groups is 1. The van der Waals surface area contributed by atoms with Gasteiger partial charge in [-0.25, -0.2) is 0 Å². The minimum absolute atomic E-state index is 0.0299. The normalized spacial score (nSPS) is 15.6. The van der Waals surface area contributed by atoms with Crippen LogP contribution in [-0.4, -0.2) is 38.9 Å². The van der Waals surface area contributed by atoms with E-state index in [0.29, 0.717) is 33.0 Å². The number of anilines is 2. The maximum absolute atomic E-state index is 12.7. The Morgan fingerprint density at radius 2 is 2.11 bits per heavy atom. The molecule has 0 fully saturated rings. The monoisotopic (exact) mass is 508 g/mol. The highest BCUT2D eigenvalue weighted by atomic mass is 32.2. The van der Waals surface area contributed by atoms with Crippen LogP contribution >= 0.6 is 23.1 Å². The molecule has 0 bridgehead atoms. The van der Waals surface area contributed by atoms with E-state index in [9.17, 15) is 14.9 Å². The van der Waals surface area contributed by atoms with E-state index in [4.69, 9.17) is 4.74 Å². The number of carbonyl (C=O) groups is 2. The van der Waals surface area contributed by atoms with Crippen LogP contribution in [0.15, 0.2) is 29.4 Å². The van der Waals surface area contributed by atoms with Gasteiger partial charge < -0.3 is 14.6 Å². The summed E-state index contributed by atoms with van der Waals surface area (Å²) in [5.74, 6) is 1.04. The first-order valence-corrected chi connectivity index (χ1v) is 13.2. The summed E-state index contributed by atoms with van der Waals surface area (Å²) in [5, 5.41) is 22.3. The van der Waals surface area contributed by atoms with E-state index >= 15 is 0 Å². The van der Waals surface area contributed by atoms with Crippen LogP contribution in [0.25, 0.3) is 0 Å². The Bertz CT molecular complexity index is 1340. The lowest BCUT2D eigenvalue weighted by atomic mass is 9.96. The van der Waals surface area contributed by atoms with Gasteiger partial charge in [0.1, 0.15) is 16.8 Å². The number of nitrogens with one attached hydrogen (secondary N) is 1. The van der Waals surface area contributed by atoms with Gasteiger partial charge in [-0.05, 0) is 50.3 Å². The summed E-state index contributed by atoms with van der Waals surface area (Å²) >= 11 is 2.78. The van der Waals surface area contributed by atoms with Crippen LogP contribution in [0.3, 0.4) is 0 Å². The number of para-hydroxylation sites is 2. The quantitative estimate of drug-likeness (QED) is 0.503. The zero-order valence-corrected chi connectivity index (χ0v) is 21.0. The highest BCUT2D eigenvalue weighted by Gasteiger charge is 2.32. The molecule has 0 unspecified atom stereocenters. The van der Waals surface area contributed by atoms with Crippen LogP contribution in [0.2, 0.25) is 0 Å². The standard InChI is InChI=1S/C24H24N6O3S2/c1-14(30-17-8-4-5-9-18(17)33-12-21(30)32)22-27-28-24(29(22)2)34-13-20(31)26-23-16(11-25)15-7-3-6-10-19(15)35-23/h4-5,8-9,14H,3,6-7,10,12-13H2,1-2H3,(H,26,31)/t14-/m0/s1. The number of thiophene rings is 1. The molecule has 9 nitrogen and oxygen atoms in total. The van der Waals surface area contributed by atoms with E-state index in [2.05, 4.69) is 21.6 Å². The second-order valence-electron chi connectivity index (χ2n) is 8.46. The predicted molar refractivity (Wildman–Crippen MR) is 134 cm³/mol. The van der Waals surface area contributed by atoms with Crippen molar-refractivity contribution in [1.29, 1.82) is 5.26 Å². The number of ether oxygens (including phenoxy) is 1. The average molecular weight is 509 g/mol. The number of carbonyl (C=O) groups excluding carboxylic acids is 2. The Labute approximate surface area is 211 Å². The van der Waals surface area contributed by atoms with Gasteiger partial charge in [-0.3, -0.25) is 14.5 Å². The maximum atomic E-state index is 12.7. The van der Waals surface area contributed by atoms with Crippen molar-refractivity contribution >= 4 is 45.6 Å². The molecule has 180 valence electrons. The SMILES string of the molecule is C[C@@H](c1nnc(SCC(=O)Nc2sc3c(c2C#N)CCCC3)n1C)N1C(=O)COc2ccccc21. The fourth-order valence-corrected chi connectivity index (χ4v) is 6.52. The van der Waals surface area contributed by atoms with Crippen molar-refractivity contribution in [2.75, 3.05) is 22.6 Å². The summed E-state index contributed by atoms with van der Waals surface area (Å²) in [6, 6.07) is 9.30. The number of hydrogen-bond acceptors (Lipinski definition) is 8. The van der Waals surface area contributed by atoms with Gasteiger partial charge in [0.15, 0.2) is 17.6 Å². The first-order chi connectivity index (χ1) is 17.0. The fraction of sp³-hybridized carbons (Fsp3) is 0.375. The summed E-state index contributed by atoms with van der Waals surface area (Å²) in [5.41, 5.74) is 2.39. The highest BCUT2D eigenvalue weighted by Crippen LogP contribution is 2.38. The van der Waals surface area contributed by atoms with Crippen LogP contribution in [-0.2, 0) is 29.5 Å². The Morgan fingerprint density at radius 3 is 2.94 bits per heavy atom. The predicted octanol–water partition coefficient (Wildman–Crippen LogP) is 3.84. The van der Waals surface area contributed by atoms with Gasteiger partial charge in [0, 0.05) is 11.9 Å². The smallest absolute Gasteiger partial charge is 0.265 e. The largest absolute Gasteiger partial charge is 0.482 e. The van der Waals surface area contributed by atoms with E-state index in [1.165, 1.54) is 28.0 Å².